The van der Waals surface area contributed by atoms with Crippen LogP contribution in [0.25, 0.3) is 0 Å². The average molecular weight is 267 g/mol. The fraction of sp³-hybridized carbons (Fsp3) is 0.500. The van der Waals surface area contributed by atoms with Crippen LogP contribution in [0.3, 0.4) is 0 Å². The molecule has 0 aliphatic heterocycles. The monoisotopic (exact) mass is 266 g/mol. The van der Waals surface area contributed by atoms with Gasteiger partial charge < -0.3 is 10.6 Å². The van der Waals surface area contributed by atoms with Crippen molar-refractivity contribution in [2.45, 2.75) is 32.2 Å². The molecule has 1 aliphatic carbocycles. The minimum Gasteiger partial charge on any atom is -0.352 e. The van der Waals surface area contributed by atoms with Crippen LogP contribution < -0.4 is 10.6 Å². The minimum atomic E-state index is -0.0267. The zero-order chi connectivity index (χ0) is 13.0. The van der Waals surface area contributed by atoms with Gasteiger partial charge in [-0.1, -0.05) is 11.6 Å². The van der Waals surface area contributed by atoms with Gasteiger partial charge in [-0.15, -0.1) is 0 Å². The molecular formula is C14H19ClN2O. The molecule has 0 radical (unpaired) electrons. The van der Waals surface area contributed by atoms with Gasteiger partial charge in [0.1, 0.15) is 0 Å². The third-order valence-corrected chi connectivity index (χ3v) is 3.49. The van der Waals surface area contributed by atoms with E-state index in [4.69, 9.17) is 11.6 Å². The highest BCUT2D eigenvalue weighted by Gasteiger charge is 2.19. The highest BCUT2D eigenvalue weighted by Crippen LogP contribution is 2.18. The van der Waals surface area contributed by atoms with E-state index in [1.807, 2.05) is 13.0 Å². The Balaban J connectivity index is 1.70. The number of hydrogen-bond acceptors (Lipinski definition) is 2. The molecule has 98 valence electrons. The molecule has 18 heavy (non-hydrogen) atoms. The molecule has 1 fully saturated rings. The van der Waals surface area contributed by atoms with Crippen LogP contribution in [-0.4, -0.2) is 25.0 Å². The first-order valence-corrected chi connectivity index (χ1v) is 6.82. The molecule has 0 atom stereocenters. The summed E-state index contributed by atoms with van der Waals surface area (Å²) in [7, 11) is 0. The van der Waals surface area contributed by atoms with Crippen molar-refractivity contribution in [2.75, 3.05) is 13.1 Å². The highest BCUT2D eigenvalue weighted by molar-refractivity contribution is 6.31. The SMILES string of the molecule is Cc1cc(C(=O)NCCCNC2CC2)ccc1Cl. The summed E-state index contributed by atoms with van der Waals surface area (Å²) in [5.41, 5.74) is 1.60. The van der Waals surface area contributed by atoms with Gasteiger partial charge in [-0.3, -0.25) is 4.79 Å². The lowest BCUT2D eigenvalue weighted by molar-refractivity contribution is 0.0953. The maximum atomic E-state index is 11.8. The summed E-state index contributed by atoms with van der Waals surface area (Å²) < 4.78 is 0. The van der Waals surface area contributed by atoms with Crippen LogP contribution in [0, 0.1) is 6.92 Å². The van der Waals surface area contributed by atoms with Crippen molar-refractivity contribution in [3.8, 4) is 0 Å². The van der Waals surface area contributed by atoms with Crippen molar-refractivity contribution in [1.82, 2.24) is 10.6 Å². The molecule has 1 aromatic rings. The van der Waals surface area contributed by atoms with Crippen molar-refractivity contribution in [2.24, 2.45) is 0 Å². The Morgan fingerprint density at radius 3 is 2.83 bits per heavy atom. The summed E-state index contributed by atoms with van der Waals surface area (Å²) in [6.45, 7) is 3.59. The largest absolute Gasteiger partial charge is 0.352 e. The van der Waals surface area contributed by atoms with E-state index in [0.29, 0.717) is 17.1 Å². The van der Waals surface area contributed by atoms with Crippen molar-refractivity contribution < 1.29 is 4.79 Å². The van der Waals surface area contributed by atoms with Crippen molar-refractivity contribution in [1.29, 1.82) is 0 Å². The molecule has 0 spiro atoms. The molecule has 0 heterocycles. The van der Waals surface area contributed by atoms with Crippen LogP contribution in [0.2, 0.25) is 5.02 Å². The zero-order valence-electron chi connectivity index (χ0n) is 10.6. The molecule has 4 heteroatoms. The first-order chi connectivity index (χ1) is 8.66. The summed E-state index contributed by atoms with van der Waals surface area (Å²) in [5.74, 6) is -0.0267. The fourth-order valence-corrected chi connectivity index (χ4v) is 1.89. The lowest BCUT2D eigenvalue weighted by Crippen LogP contribution is -2.28. The molecule has 0 unspecified atom stereocenters. The summed E-state index contributed by atoms with van der Waals surface area (Å²) >= 11 is 5.93. The number of halogens is 1. The first-order valence-electron chi connectivity index (χ1n) is 6.44. The van der Waals surface area contributed by atoms with Gasteiger partial charge in [-0.2, -0.15) is 0 Å². The summed E-state index contributed by atoms with van der Waals surface area (Å²) in [4.78, 5) is 11.8. The summed E-state index contributed by atoms with van der Waals surface area (Å²) in [6.07, 6.45) is 3.57. The van der Waals surface area contributed by atoms with Gasteiger partial charge in [0.2, 0.25) is 0 Å². The number of carbonyl (C=O) groups is 1. The number of amides is 1. The number of benzene rings is 1. The van der Waals surface area contributed by atoms with E-state index < -0.39 is 0 Å². The van der Waals surface area contributed by atoms with E-state index >= 15 is 0 Å². The number of rotatable bonds is 6. The number of carbonyl (C=O) groups excluding carboxylic acids is 1. The molecule has 1 aromatic carbocycles. The van der Waals surface area contributed by atoms with Crippen LogP contribution in [-0.2, 0) is 0 Å². The fourth-order valence-electron chi connectivity index (χ4n) is 1.77. The van der Waals surface area contributed by atoms with Crippen LogP contribution in [0.1, 0.15) is 35.2 Å². The Hall–Kier alpha value is -1.06. The number of hydrogen-bond donors (Lipinski definition) is 2. The number of nitrogens with one attached hydrogen (secondary N) is 2. The van der Waals surface area contributed by atoms with Gasteiger partial charge in [0.15, 0.2) is 0 Å². The smallest absolute Gasteiger partial charge is 0.251 e. The molecular weight excluding hydrogens is 248 g/mol. The predicted octanol–water partition coefficient (Wildman–Crippen LogP) is 2.52. The molecule has 1 aliphatic rings. The quantitative estimate of drug-likeness (QED) is 0.777. The van der Waals surface area contributed by atoms with Gasteiger partial charge in [0, 0.05) is 23.2 Å². The van der Waals surface area contributed by atoms with Gasteiger partial charge in [0.25, 0.3) is 5.91 Å². The number of aryl methyl sites for hydroxylation is 1. The van der Waals surface area contributed by atoms with E-state index in [9.17, 15) is 4.79 Å². The predicted molar refractivity (Wildman–Crippen MR) is 74.2 cm³/mol. The second-order valence-electron chi connectivity index (χ2n) is 4.80. The highest BCUT2D eigenvalue weighted by atomic mass is 35.5. The molecule has 2 N–H and O–H groups in total. The Morgan fingerprint density at radius 1 is 1.39 bits per heavy atom. The van der Waals surface area contributed by atoms with E-state index in [1.165, 1.54) is 12.8 Å². The van der Waals surface area contributed by atoms with E-state index in [1.54, 1.807) is 12.1 Å². The maximum absolute atomic E-state index is 11.8. The topological polar surface area (TPSA) is 41.1 Å². The molecule has 0 bridgehead atoms. The second-order valence-corrected chi connectivity index (χ2v) is 5.21. The average Bonchev–Trinajstić information content (AvgIpc) is 3.16. The molecule has 1 amide bonds. The third kappa shape index (κ3) is 4.00. The van der Waals surface area contributed by atoms with E-state index in [0.717, 1.165) is 24.6 Å². The lowest BCUT2D eigenvalue weighted by atomic mass is 10.1. The van der Waals surface area contributed by atoms with Crippen LogP contribution in [0.4, 0.5) is 0 Å². The molecule has 1 saturated carbocycles. The molecule has 3 nitrogen and oxygen atoms in total. The summed E-state index contributed by atoms with van der Waals surface area (Å²) in [6, 6.07) is 6.08. The van der Waals surface area contributed by atoms with Crippen LogP contribution in [0.5, 0.6) is 0 Å². The second kappa shape index (κ2) is 6.21. The van der Waals surface area contributed by atoms with Crippen molar-refractivity contribution in [3.05, 3.63) is 34.3 Å². The zero-order valence-corrected chi connectivity index (χ0v) is 11.4. The first kappa shape index (κ1) is 13.4. The molecule has 0 aromatic heterocycles. The standard InChI is InChI=1S/C14H19ClN2O/c1-10-9-11(3-6-13(10)15)14(18)17-8-2-7-16-12-4-5-12/h3,6,9,12,16H,2,4-5,7-8H2,1H3,(H,17,18). The van der Waals surface area contributed by atoms with Gasteiger partial charge >= 0.3 is 0 Å². The van der Waals surface area contributed by atoms with Crippen molar-refractivity contribution >= 4 is 17.5 Å². The molecule has 2 rings (SSSR count). The van der Waals surface area contributed by atoms with Gasteiger partial charge in [-0.25, -0.2) is 0 Å². The van der Waals surface area contributed by atoms with E-state index in [2.05, 4.69) is 10.6 Å². The normalized spacial score (nSPS) is 14.6. The summed E-state index contributed by atoms with van der Waals surface area (Å²) in [5, 5.41) is 7.03. The maximum Gasteiger partial charge on any atom is 0.251 e. The lowest BCUT2D eigenvalue weighted by Gasteiger charge is -2.07. The molecule has 0 saturated heterocycles. The van der Waals surface area contributed by atoms with Crippen LogP contribution in [0.15, 0.2) is 18.2 Å². The van der Waals surface area contributed by atoms with E-state index in [-0.39, 0.29) is 5.91 Å². The van der Waals surface area contributed by atoms with Gasteiger partial charge in [-0.05, 0) is 56.5 Å². The Kier molecular flexibility index (Phi) is 4.61. The van der Waals surface area contributed by atoms with Crippen molar-refractivity contribution in [3.63, 3.8) is 0 Å². The Bertz CT molecular complexity index is 430. The Labute approximate surface area is 113 Å². The third-order valence-electron chi connectivity index (χ3n) is 3.07. The Morgan fingerprint density at radius 2 is 2.17 bits per heavy atom. The minimum absolute atomic E-state index is 0.0267. The van der Waals surface area contributed by atoms with Gasteiger partial charge in [0.05, 0.1) is 0 Å². The van der Waals surface area contributed by atoms with Crippen LogP contribution >= 0.6 is 11.6 Å².